The molecule has 3 rings (SSSR count). The Morgan fingerprint density at radius 1 is 1.25 bits per heavy atom. The number of benzene rings is 1. The highest BCUT2D eigenvalue weighted by atomic mass is 32.1. The largest absolute Gasteiger partial charge is 0.295 e. The van der Waals surface area contributed by atoms with Crippen LogP contribution in [0.3, 0.4) is 0 Å². The standard InChI is InChI=1S/C16H17N5O2S/c1-2-3-6-9-21-15(23)12-8-5-4-7-11(12)13(20-21)14(22)18-16-19-17-10-24-16/h4-5,7-8,10H,2-3,6,9H2,1H3,(H,18,19,22). The topological polar surface area (TPSA) is 89.8 Å². The number of unbranched alkanes of at least 4 members (excludes halogenated alkanes) is 2. The number of rotatable bonds is 6. The van der Waals surface area contributed by atoms with E-state index in [-0.39, 0.29) is 11.3 Å². The number of carbonyl (C=O) groups excluding carboxylic acids is 1. The first-order chi connectivity index (χ1) is 11.7. The highest BCUT2D eigenvalue weighted by Crippen LogP contribution is 2.16. The van der Waals surface area contributed by atoms with Gasteiger partial charge >= 0.3 is 0 Å². The summed E-state index contributed by atoms with van der Waals surface area (Å²) in [5, 5.41) is 15.9. The summed E-state index contributed by atoms with van der Waals surface area (Å²) in [6, 6.07) is 7.02. The summed E-state index contributed by atoms with van der Waals surface area (Å²) >= 11 is 1.23. The van der Waals surface area contributed by atoms with E-state index in [9.17, 15) is 9.59 Å². The van der Waals surface area contributed by atoms with Gasteiger partial charge in [-0.15, -0.1) is 10.2 Å². The summed E-state index contributed by atoms with van der Waals surface area (Å²) in [6.07, 6.45) is 2.90. The molecule has 1 N–H and O–H groups in total. The van der Waals surface area contributed by atoms with Crippen LogP contribution in [0.25, 0.3) is 10.8 Å². The smallest absolute Gasteiger partial charge is 0.278 e. The molecule has 0 atom stereocenters. The number of amides is 1. The van der Waals surface area contributed by atoms with Gasteiger partial charge in [-0.1, -0.05) is 49.3 Å². The second-order valence-electron chi connectivity index (χ2n) is 5.33. The number of aromatic nitrogens is 4. The van der Waals surface area contributed by atoms with Crippen LogP contribution in [0.15, 0.2) is 34.6 Å². The second-order valence-corrected chi connectivity index (χ2v) is 6.16. The SMILES string of the molecule is CCCCCn1nc(C(=O)Nc2nncs2)c2ccccc2c1=O. The van der Waals surface area contributed by atoms with Crippen molar-refractivity contribution in [2.24, 2.45) is 0 Å². The molecule has 124 valence electrons. The van der Waals surface area contributed by atoms with Crippen molar-refractivity contribution in [1.82, 2.24) is 20.0 Å². The van der Waals surface area contributed by atoms with Crippen LogP contribution in [-0.2, 0) is 6.54 Å². The van der Waals surface area contributed by atoms with Crippen molar-refractivity contribution >= 4 is 33.1 Å². The van der Waals surface area contributed by atoms with Gasteiger partial charge in [0.2, 0.25) is 5.13 Å². The van der Waals surface area contributed by atoms with Gasteiger partial charge in [0.25, 0.3) is 11.5 Å². The fraction of sp³-hybridized carbons (Fsp3) is 0.312. The Morgan fingerprint density at radius 3 is 2.75 bits per heavy atom. The molecule has 7 nitrogen and oxygen atoms in total. The molecule has 0 bridgehead atoms. The predicted octanol–water partition coefficient (Wildman–Crippen LogP) is 2.69. The lowest BCUT2D eigenvalue weighted by Gasteiger charge is -2.10. The van der Waals surface area contributed by atoms with Crippen molar-refractivity contribution in [2.45, 2.75) is 32.7 Å². The van der Waals surface area contributed by atoms with Gasteiger partial charge in [0.05, 0.1) is 5.39 Å². The number of carbonyl (C=O) groups is 1. The molecule has 1 amide bonds. The van der Waals surface area contributed by atoms with Gasteiger partial charge in [-0.25, -0.2) is 4.68 Å². The molecule has 8 heteroatoms. The minimum Gasteiger partial charge on any atom is -0.295 e. The van der Waals surface area contributed by atoms with Crippen LogP contribution in [0.2, 0.25) is 0 Å². The average Bonchev–Trinajstić information content (AvgIpc) is 3.10. The second kappa shape index (κ2) is 7.31. The van der Waals surface area contributed by atoms with Crippen LogP contribution in [0.5, 0.6) is 0 Å². The van der Waals surface area contributed by atoms with E-state index in [0.717, 1.165) is 19.3 Å². The molecule has 2 heterocycles. The van der Waals surface area contributed by atoms with Gasteiger partial charge in [-0.3, -0.25) is 14.9 Å². The Labute approximate surface area is 142 Å². The zero-order chi connectivity index (χ0) is 16.9. The molecule has 0 unspecified atom stereocenters. The summed E-state index contributed by atoms with van der Waals surface area (Å²) in [7, 11) is 0. The summed E-state index contributed by atoms with van der Waals surface area (Å²) < 4.78 is 1.38. The number of aryl methyl sites for hydroxylation is 1. The van der Waals surface area contributed by atoms with E-state index in [2.05, 4.69) is 27.5 Å². The van der Waals surface area contributed by atoms with Gasteiger partial charge in [0.15, 0.2) is 5.69 Å². The van der Waals surface area contributed by atoms with Crippen molar-refractivity contribution in [3.05, 3.63) is 45.8 Å². The molecule has 0 spiro atoms. The van der Waals surface area contributed by atoms with Crippen molar-refractivity contribution in [2.75, 3.05) is 5.32 Å². The summed E-state index contributed by atoms with van der Waals surface area (Å²) in [5.74, 6) is -0.396. The van der Waals surface area contributed by atoms with E-state index in [1.54, 1.807) is 24.3 Å². The Morgan fingerprint density at radius 2 is 2.04 bits per heavy atom. The Hall–Kier alpha value is -2.61. The molecule has 0 aliphatic carbocycles. The van der Waals surface area contributed by atoms with Crippen LogP contribution in [0.4, 0.5) is 5.13 Å². The molecule has 1 aromatic carbocycles. The zero-order valence-corrected chi connectivity index (χ0v) is 14.0. The van der Waals surface area contributed by atoms with Crippen LogP contribution in [0, 0.1) is 0 Å². The van der Waals surface area contributed by atoms with Crippen molar-refractivity contribution in [3.63, 3.8) is 0 Å². The molecule has 3 aromatic rings. The first-order valence-corrected chi connectivity index (χ1v) is 8.66. The number of hydrogen-bond acceptors (Lipinski definition) is 6. The summed E-state index contributed by atoms with van der Waals surface area (Å²) in [6.45, 7) is 2.59. The molecule has 0 saturated carbocycles. The Kier molecular flexibility index (Phi) is 4.95. The molecule has 24 heavy (non-hydrogen) atoms. The van der Waals surface area contributed by atoms with E-state index in [1.165, 1.54) is 21.5 Å². The van der Waals surface area contributed by atoms with Gasteiger partial charge in [-0.05, 0) is 12.5 Å². The Balaban J connectivity index is 2.03. The lowest BCUT2D eigenvalue weighted by molar-refractivity contribution is 0.102. The quantitative estimate of drug-likeness (QED) is 0.695. The zero-order valence-electron chi connectivity index (χ0n) is 13.2. The molecule has 0 aliphatic heterocycles. The van der Waals surface area contributed by atoms with Crippen LogP contribution in [0.1, 0.15) is 36.7 Å². The van der Waals surface area contributed by atoms with Gasteiger partial charge in [0, 0.05) is 11.9 Å². The first-order valence-electron chi connectivity index (χ1n) is 7.78. The average molecular weight is 343 g/mol. The number of nitrogens with zero attached hydrogens (tertiary/aromatic N) is 4. The van der Waals surface area contributed by atoms with E-state index in [4.69, 9.17) is 0 Å². The molecule has 0 fully saturated rings. The van der Waals surface area contributed by atoms with Crippen molar-refractivity contribution < 1.29 is 4.79 Å². The molecule has 2 aromatic heterocycles. The number of anilines is 1. The lowest BCUT2D eigenvalue weighted by Crippen LogP contribution is -2.27. The Bertz CT molecular complexity index is 904. The van der Waals surface area contributed by atoms with Crippen LogP contribution in [-0.4, -0.2) is 25.9 Å². The highest BCUT2D eigenvalue weighted by molar-refractivity contribution is 7.13. The van der Waals surface area contributed by atoms with E-state index in [0.29, 0.717) is 22.4 Å². The maximum atomic E-state index is 12.6. The fourth-order valence-corrected chi connectivity index (χ4v) is 2.89. The van der Waals surface area contributed by atoms with Crippen LogP contribution >= 0.6 is 11.3 Å². The minimum atomic E-state index is -0.396. The molecule has 0 aliphatic rings. The molecule has 0 saturated heterocycles. The summed E-state index contributed by atoms with van der Waals surface area (Å²) in [4.78, 5) is 25.1. The third kappa shape index (κ3) is 3.33. The highest BCUT2D eigenvalue weighted by Gasteiger charge is 2.17. The number of nitrogens with one attached hydrogen (secondary N) is 1. The van der Waals surface area contributed by atoms with E-state index < -0.39 is 5.91 Å². The van der Waals surface area contributed by atoms with Crippen LogP contribution < -0.4 is 10.9 Å². The minimum absolute atomic E-state index is 0.172. The molecule has 0 radical (unpaired) electrons. The number of hydrogen-bond donors (Lipinski definition) is 1. The van der Waals surface area contributed by atoms with Gasteiger partial charge in [0.1, 0.15) is 5.51 Å². The lowest BCUT2D eigenvalue weighted by atomic mass is 10.1. The van der Waals surface area contributed by atoms with Crippen molar-refractivity contribution in [3.8, 4) is 0 Å². The molecular formula is C16H17N5O2S. The van der Waals surface area contributed by atoms with Crippen molar-refractivity contribution in [1.29, 1.82) is 0 Å². The number of fused-ring (bicyclic) bond motifs is 1. The normalized spacial score (nSPS) is 10.9. The van der Waals surface area contributed by atoms with E-state index in [1.807, 2.05) is 0 Å². The fourth-order valence-electron chi connectivity index (χ4n) is 2.45. The summed E-state index contributed by atoms with van der Waals surface area (Å²) in [5.41, 5.74) is 1.58. The third-order valence-corrected chi connectivity index (χ3v) is 4.24. The van der Waals surface area contributed by atoms with Gasteiger partial charge < -0.3 is 0 Å². The predicted molar refractivity (Wildman–Crippen MR) is 93.4 cm³/mol. The maximum absolute atomic E-state index is 12.6. The monoisotopic (exact) mass is 343 g/mol. The maximum Gasteiger partial charge on any atom is 0.278 e. The van der Waals surface area contributed by atoms with Gasteiger partial charge in [-0.2, -0.15) is 5.10 Å². The first kappa shape index (κ1) is 16.3. The molecular weight excluding hydrogens is 326 g/mol. The third-order valence-electron chi connectivity index (χ3n) is 3.64. The van der Waals surface area contributed by atoms with E-state index >= 15 is 0 Å².